The Kier molecular flexibility index (Phi) is 4.77. The Morgan fingerprint density at radius 3 is 2.89 bits per heavy atom. The molecule has 0 fully saturated rings. The van der Waals surface area contributed by atoms with Gasteiger partial charge in [0.2, 0.25) is 0 Å². The molecule has 0 aliphatic carbocycles. The summed E-state index contributed by atoms with van der Waals surface area (Å²) < 4.78 is 6.28. The molecule has 0 aliphatic heterocycles. The van der Waals surface area contributed by atoms with Crippen molar-refractivity contribution in [2.45, 2.75) is 12.5 Å². The van der Waals surface area contributed by atoms with Gasteiger partial charge < -0.3 is 4.74 Å². The highest BCUT2D eigenvalue weighted by atomic mass is 79.9. The first-order valence-corrected chi connectivity index (χ1v) is 7.23. The molecular formula is C13H15BrN2OS. The highest BCUT2D eigenvalue weighted by Crippen LogP contribution is 2.29. The Bertz CT molecular complexity index is 515. The molecule has 0 saturated heterocycles. The Hall–Kier alpha value is -0.880. The summed E-state index contributed by atoms with van der Waals surface area (Å²) in [6.07, 6.45) is 0.847. The topological polar surface area (TPSA) is 47.3 Å². The van der Waals surface area contributed by atoms with Crippen molar-refractivity contribution in [1.82, 2.24) is 5.43 Å². The zero-order chi connectivity index (χ0) is 13.0. The smallest absolute Gasteiger partial charge is 0.129 e. The van der Waals surface area contributed by atoms with Crippen LogP contribution in [-0.4, -0.2) is 7.11 Å². The molecule has 2 aromatic rings. The van der Waals surface area contributed by atoms with Crippen LogP contribution in [0.2, 0.25) is 0 Å². The highest BCUT2D eigenvalue weighted by Gasteiger charge is 2.13. The number of nitrogens with one attached hydrogen (secondary N) is 1. The van der Waals surface area contributed by atoms with Crippen LogP contribution in [0.1, 0.15) is 16.5 Å². The van der Waals surface area contributed by atoms with Crippen molar-refractivity contribution >= 4 is 27.3 Å². The summed E-state index contributed by atoms with van der Waals surface area (Å²) in [4.78, 5) is 1.18. The zero-order valence-electron chi connectivity index (χ0n) is 10.0. The molecule has 18 heavy (non-hydrogen) atoms. The molecule has 1 atom stereocenters. The molecule has 2 rings (SSSR count). The van der Waals surface area contributed by atoms with Gasteiger partial charge in [-0.1, -0.05) is 28.1 Å². The van der Waals surface area contributed by atoms with Gasteiger partial charge in [0.05, 0.1) is 13.2 Å². The summed E-state index contributed by atoms with van der Waals surface area (Å²) in [5.74, 6) is 6.52. The van der Waals surface area contributed by atoms with Crippen molar-refractivity contribution in [3.05, 3.63) is 50.6 Å². The van der Waals surface area contributed by atoms with E-state index in [1.807, 2.05) is 23.6 Å². The lowest BCUT2D eigenvalue weighted by Crippen LogP contribution is -2.28. The van der Waals surface area contributed by atoms with Crippen LogP contribution in [0.5, 0.6) is 5.75 Å². The van der Waals surface area contributed by atoms with E-state index in [9.17, 15) is 0 Å². The van der Waals surface area contributed by atoms with Gasteiger partial charge >= 0.3 is 0 Å². The highest BCUT2D eigenvalue weighted by molar-refractivity contribution is 9.10. The largest absolute Gasteiger partial charge is 0.496 e. The van der Waals surface area contributed by atoms with Crippen molar-refractivity contribution in [3.8, 4) is 5.75 Å². The van der Waals surface area contributed by atoms with Crippen LogP contribution in [0.25, 0.3) is 0 Å². The molecule has 96 valence electrons. The Morgan fingerprint density at radius 2 is 2.28 bits per heavy atom. The van der Waals surface area contributed by atoms with E-state index in [1.54, 1.807) is 18.4 Å². The number of hydrazine groups is 1. The van der Waals surface area contributed by atoms with Gasteiger partial charge in [-0.2, -0.15) is 0 Å². The monoisotopic (exact) mass is 326 g/mol. The normalized spacial score (nSPS) is 12.4. The number of benzene rings is 1. The number of rotatable bonds is 5. The second kappa shape index (κ2) is 6.33. The van der Waals surface area contributed by atoms with Gasteiger partial charge in [0.1, 0.15) is 5.75 Å². The van der Waals surface area contributed by atoms with Crippen molar-refractivity contribution < 1.29 is 4.74 Å². The number of hydrogen-bond acceptors (Lipinski definition) is 4. The fourth-order valence-electron chi connectivity index (χ4n) is 1.77. The fourth-order valence-corrected chi connectivity index (χ4v) is 3.13. The Balaban J connectivity index is 2.14. The molecule has 1 aromatic carbocycles. The van der Waals surface area contributed by atoms with Crippen molar-refractivity contribution in [1.29, 1.82) is 0 Å². The summed E-state index contributed by atoms with van der Waals surface area (Å²) >= 11 is 5.13. The fraction of sp³-hybridized carbons (Fsp3) is 0.231. The minimum absolute atomic E-state index is 0.105. The third-order valence-corrected chi connectivity index (χ3v) is 4.22. The first kappa shape index (κ1) is 13.5. The van der Waals surface area contributed by atoms with E-state index >= 15 is 0 Å². The lowest BCUT2D eigenvalue weighted by molar-refractivity contribution is 0.415. The van der Waals surface area contributed by atoms with Crippen LogP contribution in [-0.2, 0) is 6.42 Å². The number of halogens is 1. The first-order valence-electron chi connectivity index (χ1n) is 5.56. The molecule has 0 saturated carbocycles. The standard InChI is InChI=1S/C13H15BrN2OS/c1-17-11-7-13(18-8-11)12(16-15)6-9-3-2-4-10(14)5-9/h2-5,7-8,12,16H,6,15H2,1H3. The van der Waals surface area contributed by atoms with Crippen LogP contribution in [0.15, 0.2) is 40.2 Å². The van der Waals surface area contributed by atoms with Crippen LogP contribution in [0, 0.1) is 0 Å². The molecule has 1 heterocycles. The van der Waals surface area contributed by atoms with E-state index in [0.717, 1.165) is 16.6 Å². The first-order chi connectivity index (χ1) is 8.72. The van der Waals surface area contributed by atoms with E-state index in [-0.39, 0.29) is 6.04 Å². The summed E-state index contributed by atoms with van der Waals surface area (Å²) in [7, 11) is 1.67. The predicted octanol–water partition coefficient (Wildman–Crippen LogP) is 3.27. The second-order valence-corrected chi connectivity index (χ2v) is 5.80. The number of methoxy groups -OCH3 is 1. The summed E-state index contributed by atoms with van der Waals surface area (Å²) in [6.45, 7) is 0. The molecule has 1 unspecified atom stereocenters. The van der Waals surface area contributed by atoms with Gasteiger partial charge in [-0.15, -0.1) is 11.3 Å². The maximum atomic E-state index is 5.65. The van der Waals surface area contributed by atoms with Crippen molar-refractivity contribution in [2.75, 3.05) is 7.11 Å². The quantitative estimate of drug-likeness (QED) is 0.654. The molecule has 1 aromatic heterocycles. The number of thiophene rings is 1. The number of ether oxygens (including phenoxy) is 1. The van der Waals surface area contributed by atoms with E-state index in [2.05, 4.69) is 33.5 Å². The van der Waals surface area contributed by atoms with Gasteiger partial charge in [0, 0.05) is 14.7 Å². The third-order valence-electron chi connectivity index (χ3n) is 2.70. The maximum Gasteiger partial charge on any atom is 0.129 e. The molecule has 0 bridgehead atoms. The van der Waals surface area contributed by atoms with Gasteiger partial charge in [0.25, 0.3) is 0 Å². The minimum Gasteiger partial charge on any atom is -0.496 e. The van der Waals surface area contributed by atoms with Crippen LogP contribution in [0.3, 0.4) is 0 Å². The average molecular weight is 327 g/mol. The molecule has 0 spiro atoms. The molecule has 3 nitrogen and oxygen atoms in total. The van der Waals surface area contributed by atoms with Gasteiger partial charge in [0.15, 0.2) is 0 Å². The minimum atomic E-state index is 0.105. The lowest BCUT2D eigenvalue weighted by atomic mass is 10.1. The SMILES string of the molecule is COc1csc(C(Cc2cccc(Br)c2)NN)c1. The summed E-state index contributed by atoms with van der Waals surface area (Å²) in [5.41, 5.74) is 4.10. The average Bonchev–Trinajstić information content (AvgIpc) is 2.84. The molecule has 0 aliphatic rings. The van der Waals surface area contributed by atoms with E-state index < -0.39 is 0 Å². The van der Waals surface area contributed by atoms with Gasteiger partial charge in [-0.25, -0.2) is 0 Å². The molecule has 0 radical (unpaired) electrons. The zero-order valence-corrected chi connectivity index (χ0v) is 12.4. The van der Waals surface area contributed by atoms with E-state index in [1.165, 1.54) is 10.4 Å². The lowest BCUT2D eigenvalue weighted by Gasteiger charge is -2.14. The van der Waals surface area contributed by atoms with E-state index in [0.29, 0.717) is 0 Å². The van der Waals surface area contributed by atoms with Crippen LogP contribution >= 0.6 is 27.3 Å². The van der Waals surface area contributed by atoms with Crippen molar-refractivity contribution in [3.63, 3.8) is 0 Å². The molecule has 0 amide bonds. The third kappa shape index (κ3) is 3.32. The second-order valence-electron chi connectivity index (χ2n) is 3.94. The van der Waals surface area contributed by atoms with E-state index in [4.69, 9.17) is 10.6 Å². The van der Waals surface area contributed by atoms with Gasteiger partial charge in [-0.3, -0.25) is 11.3 Å². The summed E-state index contributed by atoms with van der Waals surface area (Å²) in [6, 6.07) is 10.4. The van der Waals surface area contributed by atoms with Crippen molar-refractivity contribution in [2.24, 2.45) is 5.84 Å². The summed E-state index contributed by atoms with van der Waals surface area (Å²) in [5, 5.41) is 1.99. The number of nitrogens with two attached hydrogens (primary N) is 1. The molecule has 5 heteroatoms. The molecular weight excluding hydrogens is 312 g/mol. The number of hydrogen-bond donors (Lipinski definition) is 2. The Labute approximate surface area is 119 Å². The van der Waals surface area contributed by atoms with Gasteiger partial charge in [-0.05, 0) is 30.2 Å². The molecule has 3 N–H and O–H groups in total. The maximum absolute atomic E-state index is 5.65. The predicted molar refractivity (Wildman–Crippen MR) is 78.8 cm³/mol. The van der Waals surface area contributed by atoms with Crippen LogP contribution in [0.4, 0.5) is 0 Å². The van der Waals surface area contributed by atoms with Crippen LogP contribution < -0.4 is 16.0 Å². The Morgan fingerprint density at radius 1 is 1.44 bits per heavy atom.